The molecule has 1 fully saturated rings. The number of ether oxygens (including phenoxy) is 2. The van der Waals surface area contributed by atoms with Crippen molar-refractivity contribution in [1.82, 2.24) is 15.4 Å². The zero-order chi connectivity index (χ0) is 30.9. The van der Waals surface area contributed by atoms with Crippen LogP contribution in [0.3, 0.4) is 0 Å². The van der Waals surface area contributed by atoms with Crippen molar-refractivity contribution >= 4 is 34.4 Å². The Bertz CT molecular complexity index is 1510. The molecule has 2 aromatic carbocycles. The van der Waals surface area contributed by atoms with Crippen molar-refractivity contribution in [2.45, 2.75) is 71.2 Å². The minimum absolute atomic E-state index is 0.129. The van der Waals surface area contributed by atoms with Crippen molar-refractivity contribution in [3.05, 3.63) is 65.4 Å². The van der Waals surface area contributed by atoms with Crippen LogP contribution in [-0.2, 0) is 20.9 Å². The molecular weight excluding hydrogens is 538 g/mol. The normalized spacial score (nSPS) is 15.0. The van der Waals surface area contributed by atoms with Crippen molar-refractivity contribution in [3.63, 3.8) is 0 Å². The number of rotatable bonds is 10. The number of hydrogen-bond acceptors (Lipinski definition) is 9. The molecule has 2 heterocycles. The number of carbonyl (C=O) groups is 3. The lowest BCUT2D eigenvalue weighted by atomic mass is 9.81. The molecule has 1 saturated heterocycles. The quantitative estimate of drug-likeness (QED) is 0.160. The number of para-hydroxylation sites is 1. The lowest BCUT2D eigenvalue weighted by Gasteiger charge is -2.56. The summed E-state index contributed by atoms with van der Waals surface area (Å²) < 4.78 is 11.8. The highest BCUT2D eigenvalue weighted by Crippen LogP contribution is 2.37. The van der Waals surface area contributed by atoms with Crippen LogP contribution in [0.4, 0.5) is 5.69 Å². The number of nitrogens with two attached hydrogens (primary N) is 1. The van der Waals surface area contributed by atoms with Crippen LogP contribution in [0, 0.1) is 6.92 Å². The van der Waals surface area contributed by atoms with Crippen LogP contribution in [0.1, 0.15) is 62.7 Å². The van der Waals surface area contributed by atoms with Crippen LogP contribution in [0.5, 0.6) is 5.75 Å². The fraction of sp³-hybridized carbons (Fsp3) is 0.419. The van der Waals surface area contributed by atoms with Crippen molar-refractivity contribution in [2.75, 3.05) is 18.4 Å². The summed E-state index contributed by atoms with van der Waals surface area (Å²) in [6.45, 7) is 11.6. The first-order valence-electron chi connectivity index (χ1n) is 13.7. The van der Waals surface area contributed by atoms with Gasteiger partial charge in [0.25, 0.3) is 5.91 Å². The van der Waals surface area contributed by atoms with Crippen LogP contribution in [-0.4, -0.2) is 62.6 Å². The molecule has 1 aromatic heterocycles. The number of fused-ring (bicyclic) bond motifs is 1. The van der Waals surface area contributed by atoms with E-state index in [0.717, 1.165) is 22.2 Å². The SMILES string of the molecule is Cc1cc(COc2ccc(C(N)=O)c(NC3(CC(=O)NO)CN(C(C)(C)C(=O)OC(C)(C)C)C3)c2)c2ccccc2n1. The smallest absolute Gasteiger partial charge is 0.326 e. The van der Waals surface area contributed by atoms with Crippen LogP contribution in [0.25, 0.3) is 10.9 Å². The van der Waals surface area contributed by atoms with Gasteiger partial charge in [0, 0.05) is 35.8 Å². The van der Waals surface area contributed by atoms with Crippen molar-refractivity contribution in [3.8, 4) is 5.75 Å². The van der Waals surface area contributed by atoms with Crippen molar-refractivity contribution in [2.24, 2.45) is 5.73 Å². The summed E-state index contributed by atoms with van der Waals surface area (Å²) in [6.07, 6.45) is -0.129. The van der Waals surface area contributed by atoms with Crippen molar-refractivity contribution < 1.29 is 29.1 Å². The Balaban J connectivity index is 1.59. The Hall–Kier alpha value is -4.22. The Morgan fingerprint density at radius 2 is 1.76 bits per heavy atom. The first-order valence-corrected chi connectivity index (χ1v) is 13.7. The largest absolute Gasteiger partial charge is 0.489 e. The highest BCUT2D eigenvalue weighted by molar-refractivity contribution is 5.99. The topological polar surface area (TPSA) is 156 Å². The van der Waals surface area contributed by atoms with Gasteiger partial charge in [0.15, 0.2) is 0 Å². The zero-order valence-electron chi connectivity index (χ0n) is 24.9. The maximum absolute atomic E-state index is 13.0. The van der Waals surface area contributed by atoms with Gasteiger partial charge in [-0.05, 0) is 65.8 Å². The van der Waals surface area contributed by atoms with Gasteiger partial charge in [-0.2, -0.15) is 0 Å². The molecule has 4 rings (SSSR count). The zero-order valence-corrected chi connectivity index (χ0v) is 24.9. The fourth-order valence-electron chi connectivity index (χ4n) is 5.09. The maximum Gasteiger partial charge on any atom is 0.326 e. The van der Waals surface area contributed by atoms with E-state index in [4.69, 9.17) is 15.2 Å². The molecular formula is C31H39N5O6. The average molecular weight is 578 g/mol. The molecule has 42 heavy (non-hydrogen) atoms. The molecule has 11 heteroatoms. The highest BCUT2D eigenvalue weighted by Gasteiger charge is 2.53. The van der Waals surface area contributed by atoms with E-state index in [2.05, 4.69) is 10.3 Å². The third-order valence-corrected chi connectivity index (χ3v) is 7.28. The second kappa shape index (κ2) is 11.6. The van der Waals surface area contributed by atoms with Crippen LogP contribution in [0.15, 0.2) is 48.5 Å². The van der Waals surface area contributed by atoms with Gasteiger partial charge in [-0.25, -0.2) is 5.48 Å². The van der Waals surface area contributed by atoms with Gasteiger partial charge in [0.1, 0.15) is 23.5 Å². The number of hydrogen-bond donors (Lipinski definition) is 4. The molecule has 0 aliphatic carbocycles. The Kier molecular flexibility index (Phi) is 8.47. The van der Waals surface area contributed by atoms with Gasteiger partial charge < -0.3 is 20.5 Å². The highest BCUT2D eigenvalue weighted by atomic mass is 16.6. The average Bonchev–Trinajstić information content (AvgIpc) is 2.88. The third-order valence-electron chi connectivity index (χ3n) is 7.28. The summed E-state index contributed by atoms with van der Waals surface area (Å²) in [4.78, 5) is 44.1. The van der Waals surface area contributed by atoms with Crippen molar-refractivity contribution in [1.29, 1.82) is 0 Å². The number of pyridine rings is 1. The molecule has 0 spiro atoms. The summed E-state index contributed by atoms with van der Waals surface area (Å²) in [7, 11) is 0. The maximum atomic E-state index is 13.0. The number of aryl methyl sites for hydroxylation is 1. The fourth-order valence-corrected chi connectivity index (χ4v) is 5.09. The molecule has 0 radical (unpaired) electrons. The number of hydroxylamine groups is 1. The molecule has 5 N–H and O–H groups in total. The summed E-state index contributed by atoms with van der Waals surface area (Å²) in [5, 5.41) is 13.6. The van der Waals surface area contributed by atoms with Gasteiger partial charge in [-0.3, -0.25) is 29.5 Å². The number of primary amides is 1. The Morgan fingerprint density at radius 3 is 2.40 bits per heavy atom. The second-order valence-corrected chi connectivity index (χ2v) is 12.3. The molecule has 11 nitrogen and oxygen atoms in total. The van der Waals surface area contributed by atoms with Gasteiger partial charge in [-0.1, -0.05) is 18.2 Å². The minimum Gasteiger partial charge on any atom is -0.489 e. The minimum atomic E-state index is -0.989. The molecule has 1 aliphatic heterocycles. The number of benzene rings is 2. The number of carbonyl (C=O) groups excluding carboxylic acids is 3. The van der Waals surface area contributed by atoms with Gasteiger partial charge in [-0.15, -0.1) is 0 Å². The van der Waals surface area contributed by atoms with E-state index >= 15 is 0 Å². The number of amides is 2. The van der Waals surface area contributed by atoms with E-state index in [1.807, 2.05) is 42.2 Å². The van der Waals surface area contributed by atoms with E-state index in [0.29, 0.717) is 11.4 Å². The van der Waals surface area contributed by atoms with Crippen LogP contribution >= 0.6 is 0 Å². The molecule has 0 unspecified atom stereocenters. The second-order valence-electron chi connectivity index (χ2n) is 12.3. The number of aromatic nitrogens is 1. The predicted octanol–water partition coefficient (Wildman–Crippen LogP) is 3.70. The van der Waals surface area contributed by atoms with E-state index in [1.54, 1.807) is 58.3 Å². The molecule has 0 saturated carbocycles. The van der Waals surface area contributed by atoms with Crippen LogP contribution in [0.2, 0.25) is 0 Å². The number of esters is 1. The van der Waals surface area contributed by atoms with E-state index in [1.165, 1.54) is 0 Å². The lowest BCUT2D eigenvalue weighted by Crippen LogP contribution is -2.73. The molecule has 224 valence electrons. The van der Waals surface area contributed by atoms with Gasteiger partial charge >= 0.3 is 5.97 Å². The summed E-state index contributed by atoms with van der Waals surface area (Å²) in [6, 6.07) is 14.7. The van der Waals surface area contributed by atoms with Gasteiger partial charge in [0.2, 0.25) is 5.91 Å². The summed E-state index contributed by atoms with van der Waals surface area (Å²) in [5.41, 5.74) is 8.07. The lowest BCUT2D eigenvalue weighted by molar-refractivity contribution is -0.173. The Morgan fingerprint density at radius 1 is 1.07 bits per heavy atom. The van der Waals surface area contributed by atoms with E-state index in [-0.39, 0.29) is 31.7 Å². The van der Waals surface area contributed by atoms with E-state index < -0.39 is 34.5 Å². The number of nitrogens with one attached hydrogen (secondary N) is 2. The monoisotopic (exact) mass is 577 g/mol. The Labute approximate surface area is 245 Å². The van der Waals surface area contributed by atoms with Gasteiger partial charge in [0.05, 0.1) is 28.7 Å². The summed E-state index contributed by atoms with van der Waals surface area (Å²) >= 11 is 0. The summed E-state index contributed by atoms with van der Waals surface area (Å²) in [5.74, 6) is -1.20. The molecule has 3 aromatic rings. The van der Waals surface area contributed by atoms with E-state index in [9.17, 15) is 19.6 Å². The number of anilines is 1. The predicted molar refractivity (Wildman–Crippen MR) is 158 cm³/mol. The standard InChI is InChI=1S/C31H39N5O6/c1-19-13-20(22-9-7-8-10-24(22)33-19)16-41-21-11-12-23(27(32)38)25(14-21)34-31(15-26(37)35-40)17-36(18-31)30(5,6)28(39)42-29(2,3)4/h7-14,34,40H,15-18H2,1-6H3,(H2,32,38)(H,35,37). The molecule has 1 aliphatic rings. The first kappa shape index (κ1) is 30.7. The number of nitrogens with zero attached hydrogens (tertiary/aromatic N) is 2. The first-order chi connectivity index (χ1) is 19.6. The molecule has 0 bridgehead atoms. The number of likely N-dealkylation sites (tertiary alicyclic amines) is 1. The third kappa shape index (κ3) is 6.80. The molecule has 0 atom stereocenters. The molecule has 2 amide bonds. The van der Waals surface area contributed by atoms with Crippen LogP contribution < -0.4 is 21.3 Å².